The maximum atomic E-state index is 13.5. The molecule has 4 nitrogen and oxygen atoms in total. The molecular weight excluding hydrogens is 331 g/mol. The molecule has 4 rings (SSSR count). The fourth-order valence-electron chi connectivity index (χ4n) is 2.70. The molecule has 0 amide bonds. The lowest BCUT2D eigenvalue weighted by Gasteiger charge is -2.07. The van der Waals surface area contributed by atoms with Crippen LogP contribution >= 0.6 is 0 Å². The molecule has 1 heterocycles. The van der Waals surface area contributed by atoms with Crippen LogP contribution in [0.5, 0.6) is 17.4 Å². The smallest absolute Gasteiger partial charge is 0.198 e. The van der Waals surface area contributed by atoms with Crippen molar-refractivity contribution < 1.29 is 14.2 Å². The van der Waals surface area contributed by atoms with E-state index in [9.17, 15) is 9.50 Å². The van der Waals surface area contributed by atoms with Gasteiger partial charge in [0.1, 0.15) is 17.3 Å². The summed E-state index contributed by atoms with van der Waals surface area (Å²) in [4.78, 5) is 7.24. The molecule has 3 aromatic carbocycles. The average molecular weight is 346 g/mol. The van der Waals surface area contributed by atoms with Gasteiger partial charge in [0.05, 0.1) is 5.56 Å². The van der Waals surface area contributed by atoms with Crippen LogP contribution < -0.4 is 4.74 Å². The number of aromatic amines is 1. The average Bonchev–Trinajstić information content (AvgIpc) is 2.96. The van der Waals surface area contributed by atoms with Crippen LogP contribution in [0.2, 0.25) is 0 Å². The van der Waals surface area contributed by atoms with Gasteiger partial charge in [-0.2, -0.15) is 0 Å². The topological polar surface area (TPSA) is 57.6 Å². The van der Waals surface area contributed by atoms with Crippen LogP contribution in [0.3, 0.4) is 0 Å². The van der Waals surface area contributed by atoms with E-state index in [0.29, 0.717) is 33.7 Å². The molecule has 1 aromatic heterocycles. The highest BCUT2D eigenvalue weighted by Gasteiger charge is 2.10. The number of aromatic nitrogens is 1. The maximum Gasteiger partial charge on any atom is 0.198 e. The predicted molar refractivity (Wildman–Crippen MR) is 100 cm³/mol. The summed E-state index contributed by atoms with van der Waals surface area (Å²) >= 11 is 0. The summed E-state index contributed by atoms with van der Waals surface area (Å²) in [6, 6.07) is 21.0. The van der Waals surface area contributed by atoms with E-state index >= 15 is 0 Å². The molecule has 0 spiro atoms. The van der Waals surface area contributed by atoms with E-state index in [0.717, 1.165) is 0 Å². The highest BCUT2D eigenvalue weighted by molar-refractivity contribution is 6.02. The van der Waals surface area contributed by atoms with E-state index in [2.05, 4.69) is 9.98 Å². The van der Waals surface area contributed by atoms with Crippen LogP contribution in [0.4, 0.5) is 10.1 Å². The Hall–Kier alpha value is -3.60. The van der Waals surface area contributed by atoms with Crippen molar-refractivity contribution in [3.63, 3.8) is 0 Å². The number of nitrogens with one attached hydrogen (secondary N) is 1. The third-order valence-corrected chi connectivity index (χ3v) is 3.95. The summed E-state index contributed by atoms with van der Waals surface area (Å²) in [7, 11) is 0. The van der Waals surface area contributed by atoms with Gasteiger partial charge in [0.15, 0.2) is 11.6 Å². The number of hydrogen-bond acceptors (Lipinski definition) is 3. The molecule has 0 radical (unpaired) electrons. The number of benzene rings is 3. The lowest BCUT2D eigenvalue weighted by Crippen LogP contribution is -1.85. The molecule has 0 aliphatic rings. The number of fused-ring (bicyclic) bond motifs is 1. The Labute approximate surface area is 149 Å². The van der Waals surface area contributed by atoms with Crippen molar-refractivity contribution in [1.82, 2.24) is 4.98 Å². The molecule has 0 atom stereocenters. The normalized spacial score (nSPS) is 11.3. The first kappa shape index (κ1) is 15.9. The number of nitrogens with zero attached hydrogens (tertiary/aromatic N) is 1. The Bertz CT molecular complexity index is 1090. The molecule has 0 saturated heterocycles. The number of hydrogen-bond donors (Lipinski definition) is 2. The van der Waals surface area contributed by atoms with Crippen molar-refractivity contribution in [3.05, 3.63) is 84.2 Å². The number of halogens is 1. The van der Waals surface area contributed by atoms with Crippen molar-refractivity contribution in [2.24, 2.45) is 4.99 Å². The Balaban J connectivity index is 1.70. The molecule has 0 aliphatic heterocycles. The Morgan fingerprint density at radius 3 is 2.58 bits per heavy atom. The van der Waals surface area contributed by atoms with Gasteiger partial charge in [-0.1, -0.05) is 30.3 Å². The molecule has 2 N–H and O–H groups in total. The molecule has 26 heavy (non-hydrogen) atoms. The Kier molecular flexibility index (Phi) is 4.11. The third kappa shape index (κ3) is 3.15. The summed E-state index contributed by atoms with van der Waals surface area (Å²) in [5.74, 6) is 0.849. The molecule has 0 saturated carbocycles. The molecule has 0 bridgehead atoms. The van der Waals surface area contributed by atoms with Crippen molar-refractivity contribution in [1.29, 1.82) is 0 Å². The first-order chi connectivity index (χ1) is 12.7. The van der Waals surface area contributed by atoms with Crippen molar-refractivity contribution >= 4 is 22.8 Å². The zero-order chi connectivity index (χ0) is 17.9. The van der Waals surface area contributed by atoms with Gasteiger partial charge >= 0.3 is 0 Å². The Morgan fingerprint density at radius 1 is 0.962 bits per heavy atom. The largest absolute Gasteiger partial charge is 0.494 e. The summed E-state index contributed by atoms with van der Waals surface area (Å²) in [6.45, 7) is 0. The fourth-order valence-corrected chi connectivity index (χ4v) is 2.70. The Morgan fingerprint density at radius 2 is 1.73 bits per heavy atom. The molecule has 128 valence electrons. The molecule has 0 fully saturated rings. The molecule has 5 heteroatoms. The number of para-hydroxylation sites is 3. The van der Waals surface area contributed by atoms with Crippen molar-refractivity contribution in [3.8, 4) is 17.4 Å². The molecule has 4 aromatic rings. The van der Waals surface area contributed by atoms with Crippen LogP contribution in [-0.2, 0) is 0 Å². The highest BCUT2D eigenvalue weighted by Crippen LogP contribution is 2.32. The first-order valence-corrected chi connectivity index (χ1v) is 8.07. The van der Waals surface area contributed by atoms with Crippen LogP contribution in [0.25, 0.3) is 10.9 Å². The summed E-state index contributed by atoms with van der Waals surface area (Å²) in [5, 5.41) is 10.7. The zero-order valence-electron chi connectivity index (χ0n) is 13.7. The fraction of sp³-hybridized carbons (Fsp3) is 0. The standard InChI is InChI=1S/C21H15FN2O2/c22-14-10-11-18-16(12-14)17(21(25)24-18)13-23-19-8-4-5-9-20(19)26-15-6-2-1-3-7-15/h1-13,24-25H. The number of H-pyrrole nitrogens is 1. The number of aliphatic imine (C=N–C) groups is 1. The minimum atomic E-state index is -0.376. The van der Waals surface area contributed by atoms with E-state index in [-0.39, 0.29) is 11.7 Å². The lowest BCUT2D eigenvalue weighted by molar-refractivity contribution is 0.457. The number of ether oxygens (including phenoxy) is 1. The van der Waals surface area contributed by atoms with Crippen molar-refractivity contribution in [2.45, 2.75) is 0 Å². The summed E-state index contributed by atoms with van der Waals surface area (Å²) in [5.41, 5.74) is 1.66. The minimum Gasteiger partial charge on any atom is -0.494 e. The SMILES string of the molecule is Oc1[nH]c2ccc(F)cc2c1C=Nc1ccccc1Oc1ccccc1. The van der Waals surface area contributed by atoms with Gasteiger partial charge in [0.2, 0.25) is 0 Å². The van der Waals surface area contributed by atoms with Gasteiger partial charge in [-0.05, 0) is 42.5 Å². The van der Waals surface area contributed by atoms with E-state index in [1.165, 1.54) is 18.3 Å². The number of aromatic hydroxyl groups is 1. The zero-order valence-corrected chi connectivity index (χ0v) is 13.7. The molecule has 0 aliphatic carbocycles. The quantitative estimate of drug-likeness (QED) is 0.476. The van der Waals surface area contributed by atoms with E-state index in [4.69, 9.17) is 4.74 Å². The van der Waals surface area contributed by atoms with Crippen LogP contribution in [0, 0.1) is 5.82 Å². The second-order valence-corrected chi connectivity index (χ2v) is 5.72. The van der Waals surface area contributed by atoms with Gasteiger partial charge in [-0.3, -0.25) is 4.99 Å². The minimum absolute atomic E-state index is 0.0594. The maximum absolute atomic E-state index is 13.5. The van der Waals surface area contributed by atoms with E-state index in [1.54, 1.807) is 12.1 Å². The van der Waals surface area contributed by atoms with Gasteiger partial charge in [0, 0.05) is 17.1 Å². The van der Waals surface area contributed by atoms with Gasteiger partial charge < -0.3 is 14.8 Å². The predicted octanol–water partition coefficient (Wildman–Crippen LogP) is 5.56. The second-order valence-electron chi connectivity index (χ2n) is 5.72. The van der Waals surface area contributed by atoms with Crippen molar-refractivity contribution in [2.75, 3.05) is 0 Å². The highest BCUT2D eigenvalue weighted by atomic mass is 19.1. The van der Waals surface area contributed by atoms with Crippen LogP contribution in [0.15, 0.2) is 77.8 Å². The van der Waals surface area contributed by atoms with Gasteiger partial charge in [-0.15, -0.1) is 0 Å². The summed E-state index contributed by atoms with van der Waals surface area (Å²) < 4.78 is 19.4. The monoisotopic (exact) mass is 346 g/mol. The molecular formula is C21H15FN2O2. The first-order valence-electron chi connectivity index (χ1n) is 8.07. The van der Waals surface area contributed by atoms with Crippen LogP contribution in [0.1, 0.15) is 5.56 Å². The van der Waals surface area contributed by atoms with E-state index < -0.39 is 0 Å². The molecule has 0 unspecified atom stereocenters. The lowest BCUT2D eigenvalue weighted by atomic mass is 10.2. The van der Waals surface area contributed by atoms with Gasteiger partial charge in [-0.25, -0.2) is 4.39 Å². The van der Waals surface area contributed by atoms with E-state index in [1.807, 2.05) is 48.5 Å². The third-order valence-electron chi connectivity index (χ3n) is 3.95. The number of rotatable bonds is 4. The summed E-state index contributed by atoms with van der Waals surface area (Å²) in [6.07, 6.45) is 1.50. The van der Waals surface area contributed by atoms with Gasteiger partial charge in [0.25, 0.3) is 0 Å². The second kappa shape index (κ2) is 6.72. The van der Waals surface area contributed by atoms with Crippen LogP contribution in [-0.4, -0.2) is 16.3 Å².